The first kappa shape index (κ1) is 18.2. The molecule has 0 unspecified atom stereocenters. The van der Waals surface area contributed by atoms with Crippen LogP contribution in [0.3, 0.4) is 0 Å². The SMILES string of the molecule is CC(C)CCNc1ncnc(Nc2cccc(Cl)c2Cl)c1[N+](=O)[O-]. The van der Waals surface area contributed by atoms with Gasteiger partial charge in [0.15, 0.2) is 0 Å². The summed E-state index contributed by atoms with van der Waals surface area (Å²) >= 11 is 12.1. The lowest BCUT2D eigenvalue weighted by Crippen LogP contribution is -2.10. The second-order valence-corrected chi connectivity index (χ2v) is 6.30. The molecule has 0 saturated heterocycles. The molecule has 0 aliphatic heterocycles. The Kier molecular flexibility index (Phi) is 6.16. The molecule has 1 aromatic heterocycles. The summed E-state index contributed by atoms with van der Waals surface area (Å²) in [6, 6.07) is 4.97. The summed E-state index contributed by atoms with van der Waals surface area (Å²) in [4.78, 5) is 18.9. The molecule has 0 atom stereocenters. The molecule has 0 fully saturated rings. The molecule has 0 aliphatic rings. The van der Waals surface area contributed by atoms with Gasteiger partial charge in [0.1, 0.15) is 6.33 Å². The summed E-state index contributed by atoms with van der Waals surface area (Å²) in [6.07, 6.45) is 2.12. The number of nitrogens with one attached hydrogen (secondary N) is 2. The third kappa shape index (κ3) is 4.46. The molecule has 1 aromatic carbocycles. The third-order valence-electron chi connectivity index (χ3n) is 3.22. The van der Waals surface area contributed by atoms with Crippen LogP contribution >= 0.6 is 23.2 Å². The van der Waals surface area contributed by atoms with Gasteiger partial charge in [-0.25, -0.2) is 9.97 Å². The Morgan fingerprint density at radius 1 is 1.25 bits per heavy atom. The van der Waals surface area contributed by atoms with E-state index in [1.54, 1.807) is 18.2 Å². The van der Waals surface area contributed by atoms with Crippen LogP contribution in [0.25, 0.3) is 0 Å². The van der Waals surface area contributed by atoms with E-state index in [-0.39, 0.29) is 22.3 Å². The predicted molar refractivity (Wildman–Crippen MR) is 96.4 cm³/mol. The van der Waals surface area contributed by atoms with Crippen LogP contribution < -0.4 is 10.6 Å². The van der Waals surface area contributed by atoms with Crippen LogP contribution in [-0.2, 0) is 0 Å². The van der Waals surface area contributed by atoms with Gasteiger partial charge in [-0.1, -0.05) is 43.1 Å². The van der Waals surface area contributed by atoms with Crippen LogP contribution in [0.5, 0.6) is 0 Å². The van der Waals surface area contributed by atoms with Crippen molar-refractivity contribution in [2.45, 2.75) is 20.3 Å². The Labute approximate surface area is 149 Å². The number of hydrogen-bond donors (Lipinski definition) is 2. The topological polar surface area (TPSA) is 93.0 Å². The fourth-order valence-electron chi connectivity index (χ4n) is 1.98. The molecule has 9 heteroatoms. The van der Waals surface area contributed by atoms with Gasteiger partial charge in [0.25, 0.3) is 0 Å². The Balaban J connectivity index is 2.32. The molecule has 2 rings (SSSR count). The van der Waals surface area contributed by atoms with Gasteiger partial charge < -0.3 is 10.6 Å². The summed E-state index contributed by atoms with van der Waals surface area (Å²) < 4.78 is 0. The van der Waals surface area contributed by atoms with Crippen LogP contribution in [0.1, 0.15) is 20.3 Å². The highest BCUT2D eigenvalue weighted by Gasteiger charge is 2.23. The van der Waals surface area contributed by atoms with Crippen molar-refractivity contribution in [3.05, 3.63) is 44.7 Å². The molecular weight excluding hydrogens is 353 g/mol. The molecule has 0 bridgehead atoms. The lowest BCUT2D eigenvalue weighted by atomic mass is 10.1. The number of nitrogens with zero attached hydrogens (tertiary/aromatic N) is 3. The van der Waals surface area contributed by atoms with E-state index < -0.39 is 4.92 Å². The summed E-state index contributed by atoms with van der Waals surface area (Å²) in [6.45, 7) is 4.72. The zero-order valence-corrected chi connectivity index (χ0v) is 14.7. The van der Waals surface area contributed by atoms with E-state index in [1.165, 1.54) is 6.33 Å². The van der Waals surface area contributed by atoms with Gasteiger partial charge in [-0.3, -0.25) is 10.1 Å². The lowest BCUT2D eigenvalue weighted by Gasteiger charge is -2.12. The van der Waals surface area contributed by atoms with E-state index in [0.29, 0.717) is 23.2 Å². The van der Waals surface area contributed by atoms with Crippen molar-refractivity contribution in [2.75, 3.05) is 17.2 Å². The van der Waals surface area contributed by atoms with E-state index in [4.69, 9.17) is 23.2 Å². The Hall–Kier alpha value is -2.12. The second-order valence-electron chi connectivity index (χ2n) is 5.51. The number of benzene rings is 1. The van der Waals surface area contributed by atoms with E-state index in [2.05, 4.69) is 34.4 Å². The van der Waals surface area contributed by atoms with E-state index in [0.717, 1.165) is 6.42 Å². The van der Waals surface area contributed by atoms with Gasteiger partial charge in [-0.2, -0.15) is 0 Å². The van der Waals surface area contributed by atoms with Crippen molar-refractivity contribution in [2.24, 2.45) is 5.92 Å². The number of hydrogen-bond acceptors (Lipinski definition) is 6. The van der Waals surface area contributed by atoms with Crippen LogP contribution in [0.15, 0.2) is 24.5 Å². The predicted octanol–water partition coefficient (Wildman–Crippen LogP) is 4.89. The number of aromatic nitrogens is 2. The van der Waals surface area contributed by atoms with Crippen molar-refractivity contribution in [1.29, 1.82) is 0 Å². The number of nitro groups is 1. The third-order valence-corrected chi connectivity index (χ3v) is 4.04. The minimum atomic E-state index is -0.529. The van der Waals surface area contributed by atoms with Crippen molar-refractivity contribution >= 4 is 46.2 Å². The molecule has 0 amide bonds. The smallest absolute Gasteiger partial charge is 0.353 e. The van der Waals surface area contributed by atoms with Crippen molar-refractivity contribution < 1.29 is 4.92 Å². The molecule has 7 nitrogen and oxygen atoms in total. The second kappa shape index (κ2) is 8.12. The maximum absolute atomic E-state index is 11.5. The monoisotopic (exact) mass is 369 g/mol. The van der Waals surface area contributed by atoms with E-state index >= 15 is 0 Å². The highest BCUT2D eigenvalue weighted by Crippen LogP contribution is 2.35. The molecule has 2 N–H and O–H groups in total. The van der Waals surface area contributed by atoms with Gasteiger partial charge in [0.05, 0.1) is 20.7 Å². The van der Waals surface area contributed by atoms with Gasteiger partial charge in [-0.15, -0.1) is 0 Å². The summed E-state index contributed by atoms with van der Waals surface area (Å²) in [7, 11) is 0. The first-order valence-electron chi connectivity index (χ1n) is 7.34. The fraction of sp³-hybridized carbons (Fsp3) is 0.333. The minimum Gasteiger partial charge on any atom is -0.364 e. The Morgan fingerprint density at radius 2 is 1.96 bits per heavy atom. The highest BCUT2D eigenvalue weighted by atomic mass is 35.5. The van der Waals surface area contributed by atoms with E-state index in [9.17, 15) is 10.1 Å². The number of rotatable bonds is 7. The van der Waals surface area contributed by atoms with Gasteiger partial charge >= 0.3 is 5.69 Å². The molecule has 0 saturated carbocycles. The quantitative estimate of drug-likeness (QED) is 0.532. The Bertz CT molecular complexity index is 740. The fourth-order valence-corrected chi connectivity index (χ4v) is 2.33. The average Bonchev–Trinajstić information content (AvgIpc) is 2.51. The zero-order valence-electron chi connectivity index (χ0n) is 13.2. The highest BCUT2D eigenvalue weighted by molar-refractivity contribution is 6.43. The lowest BCUT2D eigenvalue weighted by molar-refractivity contribution is -0.383. The minimum absolute atomic E-state index is 0.0474. The van der Waals surface area contributed by atoms with Crippen LogP contribution in [-0.4, -0.2) is 21.4 Å². The standard InChI is InChI=1S/C15H17Cl2N5O2/c1-9(2)6-7-18-14-13(22(23)24)15(20-8-19-14)21-11-5-3-4-10(16)12(11)17/h3-5,8-9H,6-7H2,1-2H3,(H2,18,19,20,21). The zero-order chi connectivity index (χ0) is 17.7. The van der Waals surface area contributed by atoms with Crippen LogP contribution in [0.2, 0.25) is 10.0 Å². The molecule has 2 aromatic rings. The van der Waals surface area contributed by atoms with Gasteiger partial charge in [-0.05, 0) is 24.5 Å². The largest absolute Gasteiger partial charge is 0.364 e. The average molecular weight is 370 g/mol. The van der Waals surface area contributed by atoms with Gasteiger partial charge in [0.2, 0.25) is 11.6 Å². The van der Waals surface area contributed by atoms with Crippen LogP contribution in [0.4, 0.5) is 23.0 Å². The summed E-state index contributed by atoms with van der Waals surface area (Å²) in [5, 5.41) is 17.9. The maximum atomic E-state index is 11.5. The van der Waals surface area contributed by atoms with Crippen molar-refractivity contribution in [1.82, 2.24) is 9.97 Å². The number of halogens is 2. The molecule has 0 radical (unpaired) electrons. The molecule has 1 heterocycles. The first-order chi connectivity index (χ1) is 11.4. The van der Waals surface area contributed by atoms with E-state index in [1.807, 2.05) is 0 Å². The number of anilines is 3. The first-order valence-corrected chi connectivity index (χ1v) is 8.10. The van der Waals surface area contributed by atoms with Gasteiger partial charge in [0, 0.05) is 6.54 Å². The normalized spacial score (nSPS) is 10.7. The summed E-state index contributed by atoms with van der Waals surface area (Å²) in [5.41, 5.74) is 0.191. The Morgan fingerprint density at radius 3 is 2.62 bits per heavy atom. The summed E-state index contributed by atoms with van der Waals surface area (Å²) in [5.74, 6) is 0.684. The molecule has 128 valence electrons. The molecule has 24 heavy (non-hydrogen) atoms. The molecule has 0 spiro atoms. The van der Waals surface area contributed by atoms with Crippen molar-refractivity contribution in [3.8, 4) is 0 Å². The molecule has 0 aliphatic carbocycles. The van der Waals surface area contributed by atoms with Crippen LogP contribution in [0, 0.1) is 16.0 Å². The molecular formula is C15H17Cl2N5O2. The maximum Gasteiger partial charge on any atom is 0.353 e. The van der Waals surface area contributed by atoms with Crippen molar-refractivity contribution in [3.63, 3.8) is 0 Å².